The standard InChI is InChI=1S/C9H15NO/c11-9-5-4-8-10-6-2-1-3-7-10/h4-5,9H,1-3,6-8H2. The summed E-state index contributed by atoms with van der Waals surface area (Å²) in [5.74, 6) is 0. The minimum atomic E-state index is 0.837. The molecule has 1 aliphatic rings. The summed E-state index contributed by atoms with van der Waals surface area (Å²) in [4.78, 5) is 12.3. The van der Waals surface area contributed by atoms with Crippen molar-refractivity contribution < 1.29 is 4.79 Å². The molecule has 1 saturated heterocycles. The Morgan fingerprint density at radius 2 is 1.91 bits per heavy atom. The molecule has 1 heterocycles. The zero-order valence-corrected chi connectivity index (χ0v) is 6.83. The van der Waals surface area contributed by atoms with Crippen LogP contribution in [-0.4, -0.2) is 30.8 Å². The van der Waals surface area contributed by atoms with Crippen LogP contribution in [0.2, 0.25) is 0 Å². The first kappa shape index (κ1) is 8.47. The maximum Gasteiger partial charge on any atom is 0.142 e. The molecule has 0 unspecified atom stereocenters. The van der Waals surface area contributed by atoms with Crippen molar-refractivity contribution in [3.63, 3.8) is 0 Å². The number of aldehydes is 1. The molecular weight excluding hydrogens is 138 g/mol. The zero-order chi connectivity index (χ0) is 7.94. The van der Waals surface area contributed by atoms with Crippen LogP contribution in [0.5, 0.6) is 0 Å². The van der Waals surface area contributed by atoms with Gasteiger partial charge in [0.25, 0.3) is 0 Å². The van der Waals surface area contributed by atoms with E-state index in [9.17, 15) is 4.79 Å². The summed E-state index contributed by atoms with van der Waals surface area (Å²) in [6.45, 7) is 3.34. The number of hydrogen-bond acceptors (Lipinski definition) is 2. The number of carbonyl (C=O) groups is 1. The number of rotatable bonds is 3. The Morgan fingerprint density at radius 3 is 2.55 bits per heavy atom. The van der Waals surface area contributed by atoms with Crippen LogP contribution in [0.4, 0.5) is 0 Å². The maximum absolute atomic E-state index is 9.94. The van der Waals surface area contributed by atoms with E-state index in [0.717, 1.165) is 12.8 Å². The van der Waals surface area contributed by atoms with E-state index >= 15 is 0 Å². The van der Waals surface area contributed by atoms with Gasteiger partial charge in [0.2, 0.25) is 0 Å². The van der Waals surface area contributed by atoms with E-state index in [2.05, 4.69) is 4.90 Å². The van der Waals surface area contributed by atoms with Crippen LogP contribution in [0.25, 0.3) is 0 Å². The summed E-state index contributed by atoms with van der Waals surface area (Å²) in [5, 5.41) is 0. The van der Waals surface area contributed by atoms with E-state index in [1.165, 1.54) is 32.4 Å². The number of likely N-dealkylation sites (tertiary alicyclic amines) is 1. The van der Waals surface area contributed by atoms with Crippen molar-refractivity contribution in [3.05, 3.63) is 12.2 Å². The normalized spacial score (nSPS) is 20.7. The van der Waals surface area contributed by atoms with Crippen molar-refractivity contribution >= 4 is 6.29 Å². The average molecular weight is 153 g/mol. The van der Waals surface area contributed by atoms with Gasteiger partial charge in [0, 0.05) is 6.54 Å². The van der Waals surface area contributed by atoms with Gasteiger partial charge in [-0.25, -0.2) is 0 Å². The summed E-state index contributed by atoms with van der Waals surface area (Å²) in [5.41, 5.74) is 0. The number of piperidine rings is 1. The van der Waals surface area contributed by atoms with E-state index in [-0.39, 0.29) is 0 Å². The molecule has 2 nitrogen and oxygen atoms in total. The van der Waals surface area contributed by atoms with E-state index in [4.69, 9.17) is 0 Å². The molecule has 0 aromatic carbocycles. The molecule has 1 fully saturated rings. The van der Waals surface area contributed by atoms with Crippen LogP contribution in [0, 0.1) is 0 Å². The van der Waals surface area contributed by atoms with Gasteiger partial charge in [0.05, 0.1) is 0 Å². The zero-order valence-electron chi connectivity index (χ0n) is 6.83. The fourth-order valence-electron chi connectivity index (χ4n) is 1.41. The molecule has 2 heteroatoms. The lowest BCUT2D eigenvalue weighted by atomic mass is 10.1. The molecule has 0 aliphatic carbocycles. The van der Waals surface area contributed by atoms with Crippen LogP contribution >= 0.6 is 0 Å². The summed E-state index contributed by atoms with van der Waals surface area (Å²) >= 11 is 0. The number of allylic oxidation sites excluding steroid dienone is 1. The van der Waals surface area contributed by atoms with Crippen LogP contribution in [0.1, 0.15) is 19.3 Å². The van der Waals surface area contributed by atoms with Gasteiger partial charge in [-0.2, -0.15) is 0 Å². The van der Waals surface area contributed by atoms with Gasteiger partial charge in [-0.05, 0) is 32.0 Å². The fraction of sp³-hybridized carbons (Fsp3) is 0.667. The Hall–Kier alpha value is -0.630. The van der Waals surface area contributed by atoms with Crippen molar-refractivity contribution in [3.8, 4) is 0 Å². The average Bonchev–Trinajstić information content (AvgIpc) is 2.07. The van der Waals surface area contributed by atoms with Crippen molar-refractivity contribution in [2.45, 2.75) is 19.3 Å². The second-order valence-electron chi connectivity index (χ2n) is 2.93. The van der Waals surface area contributed by atoms with Crippen molar-refractivity contribution in [2.75, 3.05) is 19.6 Å². The second-order valence-corrected chi connectivity index (χ2v) is 2.93. The molecule has 1 aliphatic heterocycles. The number of nitrogens with zero attached hydrogens (tertiary/aromatic N) is 1. The minimum absolute atomic E-state index is 0.837. The van der Waals surface area contributed by atoms with Crippen LogP contribution in [-0.2, 0) is 4.79 Å². The molecule has 0 atom stereocenters. The SMILES string of the molecule is O=CC=CCN1CCCCC1. The lowest BCUT2D eigenvalue weighted by Crippen LogP contribution is -2.29. The minimum Gasteiger partial charge on any atom is -0.300 e. The van der Waals surface area contributed by atoms with Crippen LogP contribution in [0.15, 0.2) is 12.2 Å². The topological polar surface area (TPSA) is 20.3 Å². The van der Waals surface area contributed by atoms with E-state index in [0.29, 0.717) is 0 Å². The summed E-state index contributed by atoms with van der Waals surface area (Å²) in [6, 6.07) is 0. The Labute approximate surface area is 67.9 Å². The van der Waals surface area contributed by atoms with Gasteiger partial charge < -0.3 is 0 Å². The Kier molecular flexibility index (Phi) is 3.91. The molecule has 0 N–H and O–H groups in total. The largest absolute Gasteiger partial charge is 0.300 e. The van der Waals surface area contributed by atoms with Gasteiger partial charge in [0.1, 0.15) is 6.29 Å². The first-order valence-corrected chi connectivity index (χ1v) is 4.26. The smallest absolute Gasteiger partial charge is 0.142 e. The molecule has 11 heavy (non-hydrogen) atoms. The number of hydrogen-bond donors (Lipinski definition) is 0. The van der Waals surface area contributed by atoms with Gasteiger partial charge in [0.15, 0.2) is 0 Å². The molecule has 62 valence electrons. The predicted octanol–water partition coefficient (Wildman–Crippen LogP) is 1.23. The second kappa shape index (κ2) is 5.08. The van der Waals surface area contributed by atoms with Gasteiger partial charge >= 0.3 is 0 Å². The van der Waals surface area contributed by atoms with Crippen LogP contribution in [0.3, 0.4) is 0 Å². The maximum atomic E-state index is 9.94. The highest BCUT2D eigenvalue weighted by Gasteiger charge is 2.06. The highest BCUT2D eigenvalue weighted by atomic mass is 16.1. The Morgan fingerprint density at radius 1 is 1.18 bits per heavy atom. The quantitative estimate of drug-likeness (QED) is 0.449. The van der Waals surface area contributed by atoms with Gasteiger partial charge in [-0.3, -0.25) is 9.69 Å². The first-order valence-electron chi connectivity index (χ1n) is 4.26. The molecule has 0 aromatic heterocycles. The predicted molar refractivity (Wildman–Crippen MR) is 45.5 cm³/mol. The van der Waals surface area contributed by atoms with E-state index < -0.39 is 0 Å². The van der Waals surface area contributed by atoms with Crippen molar-refractivity contribution in [2.24, 2.45) is 0 Å². The molecule has 0 radical (unpaired) electrons. The van der Waals surface area contributed by atoms with E-state index in [1.54, 1.807) is 6.08 Å². The summed E-state index contributed by atoms with van der Waals surface area (Å²) in [6.07, 6.45) is 8.34. The summed E-state index contributed by atoms with van der Waals surface area (Å²) < 4.78 is 0. The molecule has 0 spiro atoms. The molecular formula is C9H15NO. The molecule has 1 rings (SSSR count). The third kappa shape index (κ3) is 3.33. The van der Waals surface area contributed by atoms with Crippen molar-refractivity contribution in [1.82, 2.24) is 4.90 Å². The third-order valence-electron chi connectivity index (χ3n) is 2.03. The van der Waals surface area contributed by atoms with E-state index in [1.807, 2.05) is 6.08 Å². The summed E-state index contributed by atoms with van der Waals surface area (Å²) in [7, 11) is 0. The van der Waals surface area contributed by atoms with Crippen molar-refractivity contribution in [1.29, 1.82) is 0 Å². The third-order valence-corrected chi connectivity index (χ3v) is 2.03. The highest BCUT2D eigenvalue weighted by Crippen LogP contribution is 2.07. The van der Waals surface area contributed by atoms with Gasteiger partial charge in [-0.1, -0.05) is 12.5 Å². The van der Waals surface area contributed by atoms with Gasteiger partial charge in [-0.15, -0.1) is 0 Å². The Balaban J connectivity index is 2.14. The molecule has 0 amide bonds. The molecule has 0 saturated carbocycles. The monoisotopic (exact) mass is 153 g/mol. The highest BCUT2D eigenvalue weighted by molar-refractivity contribution is 5.64. The first-order chi connectivity index (χ1) is 5.43. The molecule has 0 bridgehead atoms. The molecule has 0 aromatic rings. The Bertz CT molecular complexity index is 136. The lowest BCUT2D eigenvalue weighted by molar-refractivity contribution is -0.104. The fourth-order valence-corrected chi connectivity index (χ4v) is 1.41. The lowest BCUT2D eigenvalue weighted by Gasteiger charge is -2.24. The van der Waals surface area contributed by atoms with Crippen LogP contribution < -0.4 is 0 Å². The number of carbonyl (C=O) groups excluding carboxylic acids is 1.